The molecule has 2 N–H and O–H groups in total. The summed E-state index contributed by atoms with van der Waals surface area (Å²) in [6.07, 6.45) is 1.45. The fourth-order valence-electron chi connectivity index (χ4n) is 2.43. The van der Waals surface area contributed by atoms with Gasteiger partial charge in [0.25, 0.3) is 5.69 Å². The molecule has 25 heavy (non-hydrogen) atoms. The average molecular weight is 334 g/mol. The van der Waals surface area contributed by atoms with Crippen LogP contribution < -0.4 is 10.7 Å². The predicted octanol–water partition coefficient (Wildman–Crippen LogP) is 3.90. The molecule has 7 heteroatoms. The van der Waals surface area contributed by atoms with E-state index in [2.05, 4.69) is 15.8 Å². The van der Waals surface area contributed by atoms with Crippen LogP contribution >= 0.6 is 0 Å². The van der Waals surface area contributed by atoms with Gasteiger partial charge < -0.3 is 5.32 Å². The number of nitrogens with one attached hydrogen (secondary N) is 2. The van der Waals surface area contributed by atoms with Crippen LogP contribution in [-0.4, -0.2) is 17.2 Å². The van der Waals surface area contributed by atoms with Gasteiger partial charge in [0.05, 0.1) is 16.5 Å². The van der Waals surface area contributed by atoms with Crippen molar-refractivity contribution in [2.24, 2.45) is 5.10 Å². The molecule has 0 unspecified atom stereocenters. The fourth-order valence-corrected chi connectivity index (χ4v) is 2.43. The Balaban J connectivity index is 1.76. The van der Waals surface area contributed by atoms with Gasteiger partial charge in [0, 0.05) is 17.3 Å². The molecule has 0 saturated heterocycles. The molecule has 0 aromatic heterocycles. The topological polar surface area (TPSA) is 96.6 Å². The van der Waals surface area contributed by atoms with Crippen LogP contribution in [0, 0.1) is 10.1 Å². The first kappa shape index (κ1) is 16.1. The summed E-state index contributed by atoms with van der Waals surface area (Å²) in [5, 5.41) is 18.9. The highest BCUT2D eigenvalue weighted by atomic mass is 16.6. The Kier molecular flexibility index (Phi) is 4.66. The van der Waals surface area contributed by atoms with Crippen LogP contribution in [0.3, 0.4) is 0 Å². The zero-order valence-corrected chi connectivity index (χ0v) is 13.0. The molecule has 0 saturated carbocycles. The van der Waals surface area contributed by atoms with Gasteiger partial charge in [-0.1, -0.05) is 42.5 Å². The van der Waals surface area contributed by atoms with Crippen LogP contribution in [-0.2, 0) is 0 Å². The molecule has 0 aliphatic heterocycles. The van der Waals surface area contributed by atoms with Crippen molar-refractivity contribution in [1.82, 2.24) is 5.43 Å². The van der Waals surface area contributed by atoms with Crippen LogP contribution in [0.15, 0.2) is 71.8 Å². The highest BCUT2D eigenvalue weighted by Gasteiger charge is 2.12. The van der Waals surface area contributed by atoms with Crippen LogP contribution in [0.1, 0.15) is 5.56 Å². The molecule has 0 aliphatic rings. The molecule has 3 aromatic carbocycles. The number of nitro benzene ring substituents is 1. The minimum atomic E-state index is -0.478. The van der Waals surface area contributed by atoms with Crippen molar-refractivity contribution in [3.8, 4) is 0 Å². The number of rotatable bonds is 4. The third kappa shape index (κ3) is 3.78. The molecule has 0 spiro atoms. The highest BCUT2D eigenvalue weighted by Crippen LogP contribution is 2.26. The Bertz CT molecular complexity index is 955. The standard InChI is InChI=1S/C18H14N4O3/c23-18(20-14-7-2-1-3-8-14)21-19-12-13-6-4-10-16-15(13)9-5-11-17(16)22(24)25/h1-12H,(H2,20,21,23). The molecule has 0 atom stereocenters. The number of hydrazone groups is 1. The minimum Gasteiger partial charge on any atom is -0.307 e. The number of amides is 2. The van der Waals surface area contributed by atoms with Crippen molar-refractivity contribution in [2.45, 2.75) is 0 Å². The Morgan fingerprint density at radius 1 is 0.960 bits per heavy atom. The van der Waals surface area contributed by atoms with Gasteiger partial charge in [-0.3, -0.25) is 10.1 Å². The Hall–Kier alpha value is -3.74. The molecule has 0 heterocycles. The number of benzene rings is 3. The summed E-state index contributed by atoms with van der Waals surface area (Å²) >= 11 is 0. The van der Waals surface area contributed by atoms with E-state index in [-0.39, 0.29) is 5.69 Å². The number of carbonyl (C=O) groups excluding carboxylic acids is 1. The maximum atomic E-state index is 11.8. The van der Waals surface area contributed by atoms with Crippen LogP contribution in [0.5, 0.6) is 0 Å². The Labute approximate surface area is 143 Å². The number of urea groups is 1. The van der Waals surface area contributed by atoms with Crippen LogP contribution in [0.2, 0.25) is 0 Å². The number of non-ortho nitro benzene ring substituents is 1. The van der Waals surface area contributed by atoms with Crippen molar-refractivity contribution in [1.29, 1.82) is 0 Å². The van der Waals surface area contributed by atoms with E-state index in [0.29, 0.717) is 22.0 Å². The summed E-state index contributed by atoms with van der Waals surface area (Å²) in [5.74, 6) is 0. The molecular weight excluding hydrogens is 320 g/mol. The molecule has 3 aromatic rings. The Morgan fingerprint density at radius 2 is 1.68 bits per heavy atom. The summed E-state index contributed by atoms with van der Waals surface area (Å²) in [4.78, 5) is 22.5. The monoisotopic (exact) mass is 334 g/mol. The first-order valence-electron chi connectivity index (χ1n) is 7.46. The number of carbonyl (C=O) groups is 1. The highest BCUT2D eigenvalue weighted by molar-refractivity contribution is 6.03. The van der Waals surface area contributed by atoms with Gasteiger partial charge >= 0.3 is 6.03 Å². The van der Waals surface area contributed by atoms with Gasteiger partial charge in [-0.05, 0) is 23.6 Å². The molecule has 124 valence electrons. The van der Waals surface area contributed by atoms with Gasteiger partial charge in [-0.2, -0.15) is 5.10 Å². The van der Waals surface area contributed by atoms with E-state index >= 15 is 0 Å². The summed E-state index contributed by atoms with van der Waals surface area (Å²) in [6, 6.07) is 18.5. The maximum absolute atomic E-state index is 11.8. The van der Waals surface area contributed by atoms with E-state index in [4.69, 9.17) is 0 Å². The van der Waals surface area contributed by atoms with Gasteiger partial charge in [-0.25, -0.2) is 10.2 Å². The summed E-state index contributed by atoms with van der Waals surface area (Å²) in [5.41, 5.74) is 3.71. The number of hydrogen-bond donors (Lipinski definition) is 2. The first-order chi connectivity index (χ1) is 12.1. The smallest absolute Gasteiger partial charge is 0.307 e. The summed E-state index contributed by atoms with van der Waals surface area (Å²) in [7, 11) is 0. The van der Waals surface area contributed by atoms with E-state index in [0.717, 1.165) is 0 Å². The SMILES string of the molecule is O=C(NN=Cc1cccc2c([N+](=O)[O-])cccc12)Nc1ccccc1. The average Bonchev–Trinajstić information content (AvgIpc) is 2.62. The summed E-state index contributed by atoms with van der Waals surface area (Å²) < 4.78 is 0. The third-order valence-electron chi connectivity index (χ3n) is 3.53. The van der Waals surface area contributed by atoms with Gasteiger partial charge in [0.2, 0.25) is 0 Å². The van der Waals surface area contributed by atoms with Gasteiger partial charge in [0.15, 0.2) is 0 Å². The lowest BCUT2D eigenvalue weighted by molar-refractivity contribution is -0.383. The second kappa shape index (κ2) is 7.22. The van der Waals surface area contributed by atoms with E-state index in [1.54, 1.807) is 42.5 Å². The van der Waals surface area contributed by atoms with Crippen molar-refractivity contribution in [2.75, 3.05) is 5.32 Å². The predicted molar refractivity (Wildman–Crippen MR) is 96.8 cm³/mol. The molecule has 0 aliphatic carbocycles. The van der Waals surface area contributed by atoms with Crippen molar-refractivity contribution < 1.29 is 9.72 Å². The molecular formula is C18H14N4O3. The second-order valence-electron chi connectivity index (χ2n) is 5.17. The molecule has 2 amide bonds. The molecule has 0 radical (unpaired) electrons. The van der Waals surface area contributed by atoms with E-state index in [9.17, 15) is 14.9 Å². The number of fused-ring (bicyclic) bond motifs is 1. The molecule has 0 fully saturated rings. The number of nitro groups is 1. The first-order valence-corrected chi connectivity index (χ1v) is 7.46. The second-order valence-corrected chi connectivity index (χ2v) is 5.17. The number of para-hydroxylation sites is 1. The number of hydrogen-bond acceptors (Lipinski definition) is 4. The van der Waals surface area contributed by atoms with Gasteiger partial charge in [-0.15, -0.1) is 0 Å². The third-order valence-corrected chi connectivity index (χ3v) is 3.53. The van der Waals surface area contributed by atoms with Crippen LogP contribution in [0.4, 0.5) is 16.2 Å². The normalized spacial score (nSPS) is 10.7. The van der Waals surface area contributed by atoms with Crippen molar-refractivity contribution >= 4 is 34.4 Å². The lowest BCUT2D eigenvalue weighted by Crippen LogP contribution is -2.24. The lowest BCUT2D eigenvalue weighted by atomic mass is 10.0. The minimum absolute atomic E-state index is 0.0301. The largest absolute Gasteiger partial charge is 0.339 e. The number of nitrogens with zero attached hydrogens (tertiary/aromatic N) is 2. The zero-order chi connectivity index (χ0) is 17.6. The quantitative estimate of drug-likeness (QED) is 0.430. The van der Waals surface area contributed by atoms with Gasteiger partial charge in [0.1, 0.15) is 0 Å². The van der Waals surface area contributed by atoms with E-state index in [1.165, 1.54) is 12.3 Å². The van der Waals surface area contributed by atoms with E-state index < -0.39 is 11.0 Å². The molecule has 7 nitrogen and oxygen atoms in total. The Morgan fingerprint density at radius 3 is 2.44 bits per heavy atom. The maximum Gasteiger partial charge on any atom is 0.339 e. The van der Waals surface area contributed by atoms with Crippen molar-refractivity contribution in [3.63, 3.8) is 0 Å². The fraction of sp³-hybridized carbons (Fsp3) is 0. The van der Waals surface area contributed by atoms with E-state index in [1.807, 2.05) is 18.2 Å². The summed E-state index contributed by atoms with van der Waals surface area (Å²) in [6.45, 7) is 0. The molecule has 0 bridgehead atoms. The molecule has 3 rings (SSSR count). The van der Waals surface area contributed by atoms with Crippen LogP contribution in [0.25, 0.3) is 10.8 Å². The number of anilines is 1. The van der Waals surface area contributed by atoms with Crippen molar-refractivity contribution in [3.05, 3.63) is 82.4 Å². The lowest BCUT2D eigenvalue weighted by Gasteiger charge is -2.04. The zero-order valence-electron chi connectivity index (χ0n) is 13.0.